The molecule has 1 heterocycles. The Morgan fingerprint density at radius 1 is 0.656 bits per heavy atom. The maximum absolute atomic E-state index is 11.6. The van der Waals surface area contributed by atoms with Crippen LogP contribution in [0.3, 0.4) is 0 Å². The van der Waals surface area contributed by atoms with E-state index in [1.54, 1.807) is 73.7 Å². The van der Waals surface area contributed by atoms with Gasteiger partial charge in [0.2, 0.25) is 14.5 Å². The summed E-state index contributed by atoms with van der Waals surface area (Å²) in [7, 11) is 7.36. The zero-order valence-electron chi connectivity index (χ0n) is 31.5. The Morgan fingerprint density at radius 2 is 1.02 bits per heavy atom. The molecule has 0 fully saturated rings. The number of nitrogens with zero attached hydrogens (tertiary/aromatic N) is 1. The quantitative estimate of drug-likeness (QED) is 0.0960. The average molecular weight is 1170 g/mol. The molecule has 10 nitrogen and oxygen atoms in total. The van der Waals surface area contributed by atoms with Gasteiger partial charge in [-0.15, -0.1) is 24.8 Å². The fraction of sp³-hybridized carbons (Fsp3) is 0.225. The second kappa shape index (κ2) is 37.3. The number of ketones is 1. The summed E-state index contributed by atoms with van der Waals surface area (Å²) in [6.45, 7) is 2.08. The Kier molecular flexibility index (Phi) is 40.1. The highest BCUT2D eigenvalue weighted by Crippen LogP contribution is 2.26. The van der Waals surface area contributed by atoms with E-state index in [1.807, 2.05) is 6.07 Å². The second-order valence-corrected chi connectivity index (χ2v) is 17.4. The number of halogens is 13. The van der Waals surface area contributed by atoms with Gasteiger partial charge in [-0.3, -0.25) is 14.4 Å². The van der Waals surface area contributed by atoms with Crippen LogP contribution in [0.25, 0.3) is 0 Å². The van der Waals surface area contributed by atoms with Crippen molar-refractivity contribution < 1.29 is 37.6 Å². The molecule has 0 unspecified atom stereocenters. The molecule has 64 heavy (non-hydrogen) atoms. The molecule has 24 heteroatoms. The molecular weight excluding hydrogens is 1130 g/mol. The van der Waals surface area contributed by atoms with E-state index in [2.05, 4.69) is 26.3 Å². The number of carboxylic acids is 1. The number of ether oxygens (including phenoxy) is 1. The van der Waals surface area contributed by atoms with Gasteiger partial charge in [0, 0.05) is 40.6 Å². The third kappa shape index (κ3) is 29.1. The van der Waals surface area contributed by atoms with Crippen LogP contribution in [0.4, 0.5) is 0 Å². The molecule has 0 bridgehead atoms. The first-order valence-corrected chi connectivity index (χ1v) is 22.6. The number of hydrogen-bond donors (Lipinski definition) is 2. The zero-order valence-corrected chi connectivity index (χ0v) is 42.2. The minimum absolute atomic E-state index is 0. The number of carbonyl (C=O) groups is 4. The van der Waals surface area contributed by atoms with E-state index in [0.717, 1.165) is 16.7 Å². The maximum atomic E-state index is 11.6. The van der Waals surface area contributed by atoms with Crippen molar-refractivity contribution in [1.82, 2.24) is 4.98 Å². The summed E-state index contributed by atoms with van der Waals surface area (Å²) < 4.78 is 19.2. The van der Waals surface area contributed by atoms with Crippen molar-refractivity contribution in [1.29, 1.82) is 0 Å². The molecule has 0 saturated heterocycles. The number of Topliss-reactive ketones (excluding diaryl/α,β-unsaturated/α-hetero) is 1. The van der Waals surface area contributed by atoms with Crippen molar-refractivity contribution in [2.45, 2.75) is 47.5 Å². The van der Waals surface area contributed by atoms with Gasteiger partial charge in [-0.25, -0.2) is 14.0 Å². The summed E-state index contributed by atoms with van der Waals surface area (Å²) in [5.41, 5.74) is 8.49. The van der Waals surface area contributed by atoms with Crippen molar-refractivity contribution in [3.05, 3.63) is 153 Å². The molecule has 0 atom stereocenters. The van der Waals surface area contributed by atoms with Gasteiger partial charge in [-0.1, -0.05) is 132 Å². The molecule has 4 aromatic carbocycles. The summed E-state index contributed by atoms with van der Waals surface area (Å²) in [6.07, 6.45) is 2.08. The first kappa shape index (κ1) is 68.8. The van der Waals surface area contributed by atoms with Gasteiger partial charge in [-0.05, 0) is 89.3 Å². The topological polar surface area (TPSA) is 167 Å². The van der Waals surface area contributed by atoms with Crippen LogP contribution >= 0.6 is 151 Å². The third-order valence-electron chi connectivity index (χ3n) is 6.74. The van der Waals surface area contributed by atoms with Gasteiger partial charge in [0.05, 0.1) is 59.8 Å². The number of aromatic nitrogens is 1. The van der Waals surface area contributed by atoms with Crippen LogP contribution in [-0.2, 0) is 54.0 Å². The van der Waals surface area contributed by atoms with Gasteiger partial charge in [0.15, 0.2) is 17.9 Å². The van der Waals surface area contributed by atoms with E-state index in [1.165, 1.54) is 6.39 Å². The molecule has 5 rings (SSSR count). The van der Waals surface area contributed by atoms with Crippen LogP contribution in [0.1, 0.15) is 60.3 Å². The van der Waals surface area contributed by atoms with Gasteiger partial charge >= 0.3 is 11.9 Å². The Hall–Kier alpha value is -1.75. The molecule has 0 spiro atoms. The van der Waals surface area contributed by atoms with Crippen LogP contribution in [0, 0.1) is 0 Å². The zero-order chi connectivity index (χ0) is 45.5. The molecule has 0 saturated carbocycles. The highest BCUT2D eigenvalue weighted by Gasteiger charge is 2.18. The predicted molar refractivity (Wildman–Crippen MR) is 273 cm³/mol. The summed E-state index contributed by atoms with van der Waals surface area (Å²) >= 11 is 51.1. The van der Waals surface area contributed by atoms with Crippen LogP contribution in [0.2, 0.25) is 40.2 Å². The van der Waals surface area contributed by atoms with E-state index >= 15 is 0 Å². The van der Waals surface area contributed by atoms with Crippen molar-refractivity contribution in [3.63, 3.8) is 0 Å². The number of benzene rings is 4. The van der Waals surface area contributed by atoms with E-state index in [0.29, 0.717) is 64.3 Å². The normalized spacial score (nSPS) is 9.41. The summed E-state index contributed by atoms with van der Waals surface area (Å²) in [5, 5.41) is 11.7. The fourth-order valence-electron chi connectivity index (χ4n) is 4.18. The van der Waals surface area contributed by atoms with E-state index in [4.69, 9.17) is 129 Å². The molecule has 0 radical (unpaired) electrons. The SMILES string of the molecule is C.C.CCOC(=O)c1ncoc1Cc1ccc(Cl)c(Cl)c1.Cl.Cl.NCC(=O)Cc1ccc(Cl)c(Cl)c1.O=C(Cl)Cc1ccc(Cl)c(Cl)c1.O=C(O)Cc1ccc(Cl)c(Cl)c1.O=S(Cl)Cl. The van der Waals surface area contributed by atoms with E-state index in [-0.39, 0.29) is 77.1 Å². The maximum Gasteiger partial charge on any atom is 0.360 e. The van der Waals surface area contributed by atoms with Crippen molar-refractivity contribution in [3.8, 4) is 0 Å². The lowest BCUT2D eigenvalue weighted by atomic mass is 10.1. The molecule has 3 N–H and O–H groups in total. The molecule has 356 valence electrons. The highest BCUT2D eigenvalue weighted by molar-refractivity contribution is 8.26. The number of hydrogen-bond acceptors (Lipinski definition) is 9. The monoisotopic (exact) mass is 1160 g/mol. The fourth-order valence-corrected chi connectivity index (χ4v) is 5.62. The Morgan fingerprint density at radius 3 is 1.36 bits per heavy atom. The standard InChI is InChI=1S/C13H11Cl2NO3.C9H9Cl2NO.C8H5Cl3O.C8H6Cl2O2.2CH4.Cl2OS.2ClH/c1-2-18-13(17)12-11(19-7-16-12)6-8-3-4-9(14)10(15)5-8;10-8-2-1-6(4-9(8)11)3-7(13)5-12;2*9-6-2-1-5(3-7(6)10)4-8(11)12;;;1-4(2)3;;/h3-5,7H,2,6H2,1H3;1-2,4H,3,5,12H2;1-3H,4H2;1-3H,4H2,(H,11,12);2*1H4;;2*1H. The van der Waals surface area contributed by atoms with Crippen molar-refractivity contribution >= 4 is 183 Å². The van der Waals surface area contributed by atoms with Gasteiger partial charge < -0.3 is 20.0 Å². The first-order chi connectivity index (χ1) is 28.2. The number of aliphatic carboxylic acids is 1. The smallest absolute Gasteiger partial charge is 0.360 e. The lowest BCUT2D eigenvalue weighted by Crippen LogP contribution is -2.15. The highest BCUT2D eigenvalue weighted by atomic mass is 36.0. The average Bonchev–Trinajstić information content (AvgIpc) is 3.63. The van der Waals surface area contributed by atoms with E-state index < -0.39 is 26.4 Å². The molecule has 0 aliphatic carbocycles. The largest absolute Gasteiger partial charge is 0.481 e. The lowest BCUT2D eigenvalue weighted by Gasteiger charge is -2.03. The number of carboxylic acid groups (broad SMARTS) is 1. The number of nitrogens with two attached hydrogens (primary N) is 1. The number of esters is 1. The molecular formula is C40H41Cl13N2O8S. The van der Waals surface area contributed by atoms with Gasteiger partial charge in [0.1, 0.15) is 5.76 Å². The molecule has 5 aromatic rings. The Balaban J connectivity index is -0.000000363. The van der Waals surface area contributed by atoms with E-state index in [9.17, 15) is 19.2 Å². The number of rotatable bonds is 11. The minimum Gasteiger partial charge on any atom is -0.481 e. The van der Waals surface area contributed by atoms with Crippen molar-refractivity contribution in [2.75, 3.05) is 13.2 Å². The molecule has 1 aromatic heterocycles. The van der Waals surface area contributed by atoms with Crippen LogP contribution < -0.4 is 5.73 Å². The summed E-state index contributed by atoms with van der Waals surface area (Å²) in [6, 6.07) is 20.1. The van der Waals surface area contributed by atoms with Gasteiger partial charge in [-0.2, -0.15) is 0 Å². The molecule has 0 aliphatic heterocycles. The Bertz CT molecular complexity index is 2180. The van der Waals surface area contributed by atoms with Crippen molar-refractivity contribution in [2.24, 2.45) is 5.73 Å². The second-order valence-electron chi connectivity index (χ2n) is 11.2. The summed E-state index contributed by atoms with van der Waals surface area (Å²) in [5.74, 6) is -0.949. The van der Waals surface area contributed by atoms with Gasteiger partial charge in [0.25, 0.3) is 0 Å². The predicted octanol–water partition coefficient (Wildman–Crippen LogP) is 14.9. The lowest BCUT2D eigenvalue weighted by molar-refractivity contribution is -0.136. The summed E-state index contributed by atoms with van der Waals surface area (Å²) in [4.78, 5) is 47.3. The Labute approximate surface area is 440 Å². The van der Waals surface area contributed by atoms with Crippen LogP contribution in [0.15, 0.2) is 83.6 Å². The number of oxazole rings is 1. The third-order valence-corrected chi connectivity index (χ3v) is 9.83. The van der Waals surface area contributed by atoms with Crippen LogP contribution in [-0.4, -0.2) is 50.4 Å². The first-order valence-electron chi connectivity index (χ1n) is 16.4. The molecule has 0 aliphatic rings. The molecule has 0 amide bonds. The minimum atomic E-state index is -1.67. The number of carbonyl (C=O) groups excluding carboxylic acids is 3. The van der Waals surface area contributed by atoms with Crippen LogP contribution in [0.5, 0.6) is 0 Å².